The Labute approximate surface area is 124 Å². The number of halogens is 1. The summed E-state index contributed by atoms with van der Waals surface area (Å²) in [7, 11) is 0. The number of benzene rings is 1. The van der Waals surface area contributed by atoms with Gasteiger partial charge in [0.15, 0.2) is 5.78 Å². The van der Waals surface area contributed by atoms with Crippen LogP contribution in [0.15, 0.2) is 24.3 Å². The number of nitrogens with one attached hydrogen (secondary N) is 1. The molecule has 1 rings (SSSR count). The van der Waals surface area contributed by atoms with E-state index in [4.69, 9.17) is 16.7 Å². The van der Waals surface area contributed by atoms with E-state index in [-0.39, 0.29) is 24.2 Å². The topological polar surface area (TPSA) is 66.4 Å². The molecule has 1 aromatic rings. The number of carboxylic acid groups (broad SMARTS) is 1. The molecule has 1 atom stereocenters. The zero-order valence-corrected chi connectivity index (χ0v) is 12.7. The Morgan fingerprint density at radius 1 is 1.25 bits per heavy atom. The zero-order valence-electron chi connectivity index (χ0n) is 11.9. The minimum Gasteiger partial charge on any atom is -0.481 e. The van der Waals surface area contributed by atoms with Crippen molar-refractivity contribution in [2.75, 3.05) is 0 Å². The molecule has 1 unspecified atom stereocenters. The Morgan fingerprint density at radius 3 is 2.25 bits per heavy atom. The quantitative estimate of drug-likeness (QED) is 0.792. The Bertz CT molecular complexity index is 477. The first-order chi connectivity index (χ1) is 9.19. The lowest BCUT2D eigenvalue weighted by atomic mass is 9.97. The number of hydrogen-bond acceptors (Lipinski definition) is 3. The summed E-state index contributed by atoms with van der Waals surface area (Å²) < 4.78 is 0. The van der Waals surface area contributed by atoms with Crippen molar-refractivity contribution in [3.05, 3.63) is 34.9 Å². The smallest absolute Gasteiger partial charge is 0.303 e. The fourth-order valence-corrected chi connectivity index (χ4v) is 2.00. The van der Waals surface area contributed by atoms with Gasteiger partial charge in [-0.05, 0) is 51.5 Å². The van der Waals surface area contributed by atoms with Crippen molar-refractivity contribution in [1.82, 2.24) is 5.32 Å². The Balaban J connectivity index is 2.87. The minimum absolute atomic E-state index is 0.0485. The molecule has 0 saturated heterocycles. The Hall–Kier alpha value is -1.39. The van der Waals surface area contributed by atoms with Gasteiger partial charge in [0.05, 0.1) is 6.04 Å². The van der Waals surface area contributed by atoms with E-state index in [0.29, 0.717) is 10.6 Å². The van der Waals surface area contributed by atoms with Crippen LogP contribution in [0.3, 0.4) is 0 Å². The van der Waals surface area contributed by atoms with Gasteiger partial charge in [0.25, 0.3) is 0 Å². The third-order valence-corrected chi connectivity index (χ3v) is 2.95. The molecule has 0 fully saturated rings. The summed E-state index contributed by atoms with van der Waals surface area (Å²) in [5.41, 5.74) is 0.257. The first-order valence-corrected chi connectivity index (χ1v) is 6.86. The average Bonchev–Trinajstić information content (AvgIpc) is 2.33. The van der Waals surface area contributed by atoms with Gasteiger partial charge in [-0.25, -0.2) is 0 Å². The molecule has 0 amide bonds. The van der Waals surface area contributed by atoms with E-state index in [0.717, 1.165) is 0 Å². The monoisotopic (exact) mass is 297 g/mol. The normalized spacial score (nSPS) is 13.0. The molecule has 0 aliphatic rings. The lowest BCUT2D eigenvalue weighted by Crippen LogP contribution is -2.48. The molecule has 0 spiro atoms. The van der Waals surface area contributed by atoms with Gasteiger partial charge in [-0.3, -0.25) is 9.59 Å². The first-order valence-electron chi connectivity index (χ1n) is 6.48. The van der Waals surface area contributed by atoms with Crippen LogP contribution in [-0.2, 0) is 4.79 Å². The maximum Gasteiger partial charge on any atom is 0.303 e. The molecule has 0 aliphatic carbocycles. The number of hydrogen-bond donors (Lipinski definition) is 2. The number of carboxylic acids is 1. The van der Waals surface area contributed by atoms with Crippen molar-refractivity contribution in [3.8, 4) is 0 Å². The van der Waals surface area contributed by atoms with Crippen LogP contribution in [0.1, 0.15) is 44.0 Å². The van der Waals surface area contributed by atoms with E-state index in [9.17, 15) is 9.59 Å². The highest BCUT2D eigenvalue weighted by Gasteiger charge is 2.25. The van der Waals surface area contributed by atoms with E-state index in [1.165, 1.54) is 0 Å². The number of aliphatic carboxylic acids is 1. The fourth-order valence-electron chi connectivity index (χ4n) is 1.87. The van der Waals surface area contributed by atoms with Gasteiger partial charge in [0.2, 0.25) is 0 Å². The van der Waals surface area contributed by atoms with E-state index >= 15 is 0 Å². The molecule has 0 bridgehead atoms. The third kappa shape index (κ3) is 5.72. The molecular formula is C15H20ClNO3. The molecule has 1 aromatic carbocycles. The van der Waals surface area contributed by atoms with Gasteiger partial charge >= 0.3 is 5.97 Å². The van der Waals surface area contributed by atoms with Crippen molar-refractivity contribution in [1.29, 1.82) is 0 Å². The maximum absolute atomic E-state index is 12.4. The SMILES string of the molecule is CC(C)(C)NC(CCC(=O)O)C(=O)c1ccc(Cl)cc1. The standard InChI is InChI=1S/C15H20ClNO3/c1-15(2,3)17-12(8-9-13(18)19)14(20)10-4-6-11(16)7-5-10/h4-7,12,17H,8-9H2,1-3H3,(H,18,19). The van der Waals surface area contributed by atoms with E-state index in [1.807, 2.05) is 20.8 Å². The lowest BCUT2D eigenvalue weighted by Gasteiger charge is -2.27. The van der Waals surface area contributed by atoms with Crippen molar-refractivity contribution < 1.29 is 14.7 Å². The van der Waals surface area contributed by atoms with Gasteiger partial charge in [0, 0.05) is 22.5 Å². The largest absolute Gasteiger partial charge is 0.481 e. The van der Waals surface area contributed by atoms with Crippen LogP contribution in [0, 0.1) is 0 Å². The summed E-state index contributed by atoms with van der Waals surface area (Å²) in [5, 5.41) is 12.5. The zero-order chi connectivity index (χ0) is 15.3. The second-order valence-electron chi connectivity index (χ2n) is 5.75. The predicted octanol–water partition coefficient (Wildman–Crippen LogP) is 3.14. The number of carbonyl (C=O) groups excluding carboxylic acids is 1. The molecule has 2 N–H and O–H groups in total. The van der Waals surface area contributed by atoms with Gasteiger partial charge in [-0.15, -0.1) is 0 Å². The van der Waals surface area contributed by atoms with Crippen LogP contribution in [0.25, 0.3) is 0 Å². The molecule has 0 saturated carbocycles. The summed E-state index contributed by atoms with van der Waals surface area (Å²) >= 11 is 5.80. The second-order valence-corrected chi connectivity index (χ2v) is 6.19. The molecule has 4 nitrogen and oxygen atoms in total. The predicted molar refractivity (Wildman–Crippen MR) is 79.3 cm³/mol. The van der Waals surface area contributed by atoms with E-state index in [2.05, 4.69) is 5.32 Å². The van der Waals surface area contributed by atoms with Crippen molar-refractivity contribution in [3.63, 3.8) is 0 Å². The summed E-state index contributed by atoms with van der Waals surface area (Å²) in [5.74, 6) is -1.02. The summed E-state index contributed by atoms with van der Waals surface area (Å²) in [6, 6.07) is 6.10. The molecule has 5 heteroatoms. The van der Waals surface area contributed by atoms with Crippen LogP contribution in [0.4, 0.5) is 0 Å². The van der Waals surface area contributed by atoms with Crippen LogP contribution in [0.5, 0.6) is 0 Å². The van der Waals surface area contributed by atoms with Gasteiger partial charge < -0.3 is 10.4 Å². The fraction of sp³-hybridized carbons (Fsp3) is 0.467. The van der Waals surface area contributed by atoms with E-state index < -0.39 is 12.0 Å². The van der Waals surface area contributed by atoms with Crippen molar-refractivity contribution in [2.45, 2.75) is 45.2 Å². The average molecular weight is 298 g/mol. The van der Waals surface area contributed by atoms with Crippen LogP contribution < -0.4 is 5.32 Å². The number of carbonyl (C=O) groups is 2. The highest BCUT2D eigenvalue weighted by atomic mass is 35.5. The molecule has 0 aliphatic heterocycles. The first kappa shape index (κ1) is 16.7. The van der Waals surface area contributed by atoms with Crippen LogP contribution in [-0.4, -0.2) is 28.4 Å². The lowest BCUT2D eigenvalue weighted by molar-refractivity contribution is -0.137. The molecule has 20 heavy (non-hydrogen) atoms. The minimum atomic E-state index is -0.908. The number of ketones is 1. The molecular weight excluding hydrogens is 278 g/mol. The van der Waals surface area contributed by atoms with Crippen molar-refractivity contribution in [2.24, 2.45) is 0 Å². The van der Waals surface area contributed by atoms with E-state index in [1.54, 1.807) is 24.3 Å². The maximum atomic E-state index is 12.4. The summed E-state index contributed by atoms with van der Waals surface area (Å²) in [4.78, 5) is 23.2. The third-order valence-electron chi connectivity index (χ3n) is 2.70. The van der Waals surface area contributed by atoms with Crippen molar-refractivity contribution >= 4 is 23.4 Å². The second kappa shape index (κ2) is 6.86. The molecule has 0 radical (unpaired) electrons. The van der Waals surface area contributed by atoms with Gasteiger partial charge in [0.1, 0.15) is 0 Å². The highest BCUT2D eigenvalue weighted by molar-refractivity contribution is 6.30. The summed E-state index contributed by atoms with van der Waals surface area (Å²) in [6.45, 7) is 5.82. The number of Topliss-reactive ketones (excluding diaryl/α,β-unsaturated/α-hetero) is 1. The Kier molecular flexibility index (Phi) is 5.72. The van der Waals surface area contributed by atoms with Crippen LogP contribution in [0.2, 0.25) is 5.02 Å². The highest BCUT2D eigenvalue weighted by Crippen LogP contribution is 2.15. The molecule has 0 aromatic heterocycles. The van der Waals surface area contributed by atoms with Crippen LogP contribution >= 0.6 is 11.6 Å². The number of rotatable bonds is 6. The van der Waals surface area contributed by atoms with Gasteiger partial charge in [-0.2, -0.15) is 0 Å². The molecule has 0 heterocycles. The molecule has 110 valence electrons. The van der Waals surface area contributed by atoms with Gasteiger partial charge in [-0.1, -0.05) is 11.6 Å². The summed E-state index contributed by atoms with van der Waals surface area (Å²) in [6.07, 6.45) is 0.209. The Morgan fingerprint density at radius 2 is 1.80 bits per heavy atom.